The molecule has 0 spiro atoms. The molecule has 12 heavy (non-hydrogen) atoms. The second kappa shape index (κ2) is 4.27. The molecule has 0 bridgehead atoms. The van der Waals surface area contributed by atoms with Crippen LogP contribution in [0.1, 0.15) is 13.0 Å². The van der Waals surface area contributed by atoms with E-state index < -0.39 is 0 Å². The molecule has 1 aromatic rings. The van der Waals surface area contributed by atoms with Crippen LogP contribution in [0.2, 0.25) is 0 Å². The highest BCUT2D eigenvalue weighted by Gasteiger charge is 2.06. The summed E-state index contributed by atoms with van der Waals surface area (Å²) < 4.78 is 0.990. The van der Waals surface area contributed by atoms with Gasteiger partial charge >= 0.3 is 0 Å². The third-order valence-corrected chi connectivity index (χ3v) is 1.50. The molecule has 0 heterocycles. The van der Waals surface area contributed by atoms with Gasteiger partial charge in [-0.2, -0.15) is 0 Å². The van der Waals surface area contributed by atoms with Gasteiger partial charge in [-0.1, -0.05) is 37.8 Å². The minimum atomic E-state index is 0. The molecule has 0 amide bonds. The standard InChI is InChI=1S/C10H16N.CH4/c1-11(2,3)9-10-7-5-4-6-8-10;/h4-8H,9H2,1-3H3;1H4/q+1;. The molecule has 0 aliphatic carbocycles. The number of nitrogens with zero attached hydrogens (tertiary/aromatic N) is 1. The molecule has 0 N–H and O–H groups in total. The largest absolute Gasteiger partial charge is 0.327 e. The highest BCUT2D eigenvalue weighted by atomic mass is 15.3. The van der Waals surface area contributed by atoms with Gasteiger partial charge in [-0.15, -0.1) is 0 Å². The Kier molecular flexibility index (Phi) is 3.98. The van der Waals surface area contributed by atoms with Crippen molar-refractivity contribution in [3.8, 4) is 0 Å². The summed E-state index contributed by atoms with van der Waals surface area (Å²) >= 11 is 0. The minimum absolute atomic E-state index is 0. The fourth-order valence-corrected chi connectivity index (χ4v) is 1.13. The van der Waals surface area contributed by atoms with Crippen molar-refractivity contribution in [2.75, 3.05) is 21.1 Å². The first kappa shape index (κ1) is 11.2. The normalized spacial score (nSPS) is 10.6. The zero-order valence-electron chi connectivity index (χ0n) is 7.54. The summed E-state index contributed by atoms with van der Waals surface area (Å²) in [5.41, 5.74) is 1.40. The highest BCUT2D eigenvalue weighted by Crippen LogP contribution is 2.04. The first-order chi connectivity index (χ1) is 5.08. The van der Waals surface area contributed by atoms with E-state index in [1.165, 1.54) is 5.56 Å². The average Bonchev–Trinajstić information content (AvgIpc) is 1.85. The molecule has 0 aromatic heterocycles. The lowest BCUT2D eigenvalue weighted by molar-refractivity contribution is -0.884. The van der Waals surface area contributed by atoms with E-state index in [4.69, 9.17) is 0 Å². The molecule has 68 valence electrons. The zero-order chi connectivity index (χ0) is 8.32. The second-order valence-electron chi connectivity index (χ2n) is 3.93. The minimum Gasteiger partial charge on any atom is -0.327 e. The molecule has 0 radical (unpaired) electrons. The number of hydrogen-bond donors (Lipinski definition) is 0. The molecular formula is C11H20N+. The molecule has 0 aliphatic heterocycles. The van der Waals surface area contributed by atoms with Crippen molar-refractivity contribution >= 4 is 0 Å². The van der Waals surface area contributed by atoms with Crippen molar-refractivity contribution in [2.45, 2.75) is 14.0 Å². The van der Waals surface area contributed by atoms with Gasteiger partial charge in [0.1, 0.15) is 6.54 Å². The maximum atomic E-state index is 2.20. The molecular weight excluding hydrogens is 146 g/mol. The lowest BCUT2D eigenvalue weighted by Gasteiger charge is -2.23. The second-order valence-corrected chi connectivity index (χ2v) is 3.93. The van der Waals surface area contributed by atoms with E-state index in [-0.39, 0.29) is 7.43 Å². The van der Waals surface area contributed by atoms with E-state index in [1.54, 1.807) is 0 Å². The van der Waals surface area contributed by atoms with Crippen molar-refractivity contribution < 1.29 is 4.48 Å². The fraction of sp³-hybridized carbons (Fsp3) is 0.455. The van der Waals surface area contributed by atoms with Gasteiger partial charge in [0, 0.05) is 5.56 Å². The smallest absolute Gasteiger partial charge is 0.104 e. The summed E-state index contributed by atoms with van der Waals surface area (Å²) in [4.78, 5) is 0. The van der Waals surface area contributed by atoms with Gasteiger partial charge in [-0.3, -0.25) is 0 Å². The zero-order valence-corrected chi connectivity index (χ0v) is 7.54. The number of benzene rings is 1. The van der Waals surface area contributed by atoms with Crippen LogP contribution in [-0.2, 0) is 6.54 Å². The van der Waals surface area contributed by atoms with Gasteiger partial charge in [-0.05, 0) is 0 Å². The maximum Gasteiger partial charge on any atom is 0.104 e. The molecule has 0 saturated carbocycles. The Morgan fingerprint density at radius 1 is 1.00 bits per heavy atom. The van der Waals surface area contributed by atoms with Crippen LogP contribution in [-0.4, -0.2) is 25.6 Å². The van der Waals surface area contributed by atoms with Gasteiger partial charge in [-0.25, -0.2) is 0 Å². The van der Waals surface area contributed by atoms with E-state index in [0.717, 1.165) is 11.0 Å². The van der Waals surface area contributed by atoms with E-state index in [0.29, 0.717) is 0 Å². The lowest BCUT2D eigenvalue weighted by Crippen LogP contribution is -2.33. The van der Waals surface area contributed by atoms with E-state index in [9.17, 15) is 0 Å². The number of hydrogen-bond acceptors (Lipinski definition) is 0. The molecule has 1 aromatic carbocycles. The summed E-state index contributed by atoms with van der Waals surface area (Å²) in [7, 11) is 6.60. The van der Waals surface area contributed by atoms with Crippen molar-refractivity contribution in [3.63, 3.8) is 0 Å². The van der Waals surface area contributed by atoms with Crippen molar-refractivity contribution in [2.24, 2.45) is 0 Å². The summed E-state index contributed by atoms with van der Waals surface area (Å²) in [5.74, 6) is 0. The fourth-order valence-electron chi connectivity index (χ4n) is 1.13. The lowest BCUT2D eigenvalue weighted by atomic mass is 10.2. The third kappa shape index (κ3) is 4.14. The van der Waals surface area contributed by atoms with Crippen LogP contribution in [0.25, 0.3) is 0 Å². The predicted octanol–water partition coefficient (Wildman–Crippen LogP) is 2.53. The Balaban J connectivity index is 0.00000121. The van der Waals surface area contributed by atoms with Gasteiger partial charge in [0.25, 0.3) is 0 Å². The summed E-state index contributed by atoms with van der Waals surface area (Å²) in [6.07, 6.45) is 0. The van der Waals surface area contributed by atoms with Crippen LogP contribution in [0, 0.1) is 0 Å². The molecule has 0 aliphatic rings. The van der Waals surface area contributed by atoms with E-state index in [1.807, 2.05) is 0 Å². The Morgan fingerprint density at radius 2 is 1.50 bits per heavy atom. The molecule has 1 rings (SSSR count). The molecule has 0 saturated heterocycles. The molecule has 0 atom stereocenters. The van der Waals surface area contributed by atoms with Gasteiger partial charge < -0.3 is 4.48 Å². The van der Waals surface area contributed by atoms with Crippen LogP contribution >= 0.6 is 0 Å². The SMILES string of the molecule is C.C[N+](C)(C)Cc1ccccc1. The van der Waals surface area contributed by atoms with Crippen LogP contribution in [0.5, 0.6) is 0 Å². The Bertz CT molecular complexity index is 208. The van der Waals surface area contributed by atoms with E-state index in [2.05, 4.69) is 51.5 Å². The molecule has 0 fully saturated rings. The summed E-state index contributed by atoms with van der Waals surface area (Å²) in [5, 5.41) is 0. The summed E-state index contributed by atoms with van der Waals surface area (Å²) in [6, 6.07) is 10.6. The Labute approximate surface area is 76.2 Å². The van der Waals surface area contributed by atoms with Gasteiger partial charge in [0.2, 0.25) is 0 Å². The van der Waals surface area contributed by atoms with Gasteiger partial charge in [0.15, 0.2) is 0 Å². The third-order valence-electron chi connectivity index (χ3n) is 1.50. The topological polar surface area (TPSA) is 0 Å². The van der Waals surface area contributed by atoms with Crippen LogP contribution in [0.15, 0.2) is 30.3 Å². The molecule has 1 nitrogen and oxygen atoms in total. The predicted molar refractivity (Wildman–Crippen MR) is 54.9 cm³/mol. The Morgan fingerprint density at radius 3 is 1.92 bits per heavy atom. The molecule has 0 unspecified atom stereocenters. The van der Waals surface area contributed by atoms with Crippen molar-refractivity contribution in [1.82, 2.24) is 0 Å². The first-order valence-corrected chi connectivity index (χ1v) is 3.92. The number of quaternary nitrogens is 1. The number of rotatable bonds is 2. The van der Waals surface area contributed by atoms with Crippen LogP contribution < -0.4 is 0 Å². The first-order valence-electron chi connectivity index (χ1n) is 3.92. The highest BCUT2D eigenvalue weighted by molar-refractivity contribution is 5.13. The van der Waals surface area contributed by atoms with Crippen LogP contribution in [0.4, 0.5) is 0 Å². The van der Waals surface area contributed by atoms with Crippen molar-refractivity contribution in [3.05, 3.63) is 35.9 Å². The quantitative estimate of drug-likeness (QED) is 0.592. The van der Waals surface area contributed by atoms with Gasteiger partial charge in [0.05, 0.1) is 21.1 Å². The van der Waals surface area contributed by atoms with Crippen molar-refractivity contribution in [1.29, 1.82) is 0 Å². The maximum absolute atomic E-state index is 2.20. The summed E-state index contributed by atoms with van der Waals surface area (Å²) in [6.45, 7) is 1.10. The Hall–Kier alpha value is -0.820. The monoisotopic (exact) mass is 166 g/mol. The molecule has 1 heteroatoms. The van der Waals surface area contributed by atoms with Crippen LogP contribution in [0.3, 0.4) is 0 Å². The van der Waals surface area contributed by atoms with E-state index >= 15 is 0 Å². The average molecular weight is 166 g/mol.